The second-order valence-electron chi connectivity index (χ2n) is 6.55. The summed E-state index contributed by atoms with van der Waals surface area (Å²) in [6, 6.07) is 10.9. The molecule has 1 aromatic carbocycles. The Labute approximate surface area is 151 Å². The lowest BCUT2D eigenvalue weighted by molar-refractivity contribution is 0.102. The second kappa shape index (κ2) is 7.13. The van der Waals surface area contributed by atoms with Crippen molar-refractivity contribution >= 4 is 17.2 Å². The van der Waals surface area contributed by atoms with Crippen molar-refractivity contribution in [1.82, 2.24) is 19.5 Å². The summed E-state index contributed by atoms with van der Waals surface area (Å²) in [5.74, 6) is 0.564. The largest absolute Gasteiger partial charge is 0.490 e. The summed E-state index contributed by atoms with van der Waals surface area (Å²) < 4.78 is 7.60. The van der Waals surface area contributed by atoms with E-state index in [2.05, 4.69) is 27.3 Å². The number of nitrogens with one attached hydrogen (secondary N) is 1. The number of carbonyl (C=O) groups is 1. The van der Waals surface area contributed by atoms with E-state index in [0.29, 0.717) is 17.0 Å². The van der Waals surface area contributed by atoms with Crippen molar-refractivity contribution in [2.45, 2.75) is 18.9 Å². The number of piperidine rings is 1. The molecule has 1 fully saturated rings. The summed E-state index contributed by atoms with van der Waals surface area (Å²) in [4.78, 5) is 18.8. The predicted molar refractivity (Wildman–Crippen MR) is 98.5 cm³/mol. The molecule has 0 aliphatic carbocycles. The molecule has 0 atom stereocenters. The molecule has 4 rings (SSSR count). The molecule has 134 valence electrons. The van der Waals surface area contributed by atoms with Crippen molar-refractivity contribution in [3.8, 4) is 5.75 Å². The third kappa shape index (κ3) is 3.67. The molecule has 26 heavy (non-hydrogen) atoms. The molecule has 0 bridgehead atoms. The normalized spacial score (nSPS) is 15.9. The van der Waals surface area contributed by atoms with E-state index in [0.717, 1.165) is 31.7 Å². The molecule has 2 aromatic heterocycles. The number of aromatic nitrogens is 3. The van der Waals surface area contributed by atoms with Gasteiger partial charge in [-0.3, -0.25) is 4.79 Å². The number of rotatable bonds is 4. The summed E-state index contributed by atoms with van der Waals surface area (Å²) in [5.41, 5.74) is 1.67. The Bertz CT molecular complexity index is 865. The van der Waals surface area contributed by atoms with Gasteiger partial charge < -0.3 is 15.0 Å². The second-order valence-corrected chi connectivity index (χ2v) is 6.55. The summed E-state index contributed by atoms with van der Waals surface area (Å²) in [6.45, 7) is 2.12. The maximum Gasteiger partial charge on any atom is 0.276 e. The molecule has 1 N–H and O–H groups in total. The maximum atomic E-state index is 12.4. The number of fused-ring (bicyclic) bond motifs is 1. The van der Waals surface area contributed by atoms with E-state index in [-0.39, 0.29) is 12.0 Å². The first kappa shape index (κ1) is 16.5. The average molecular weight is 351 g/mol. The molecular weight excluding hydrogens is 330 g/mol. The third-order valence-electron chi connectivity index (χ3n) is 4.55. The predicted octanol–water partition coefficient (Wildman–Crippen LogP) is 2.45. The van der Waals surface area contributed by atoms with Gasteiger partial charge in [-0.1, -0.05) is 0 Å². The Morgan fingerprint density at radius 2 is 2.00 bits per heavy atom. The molecule has 3 heterocycles. The lowest BCUT2D eigenvalue weighted by atomic mass is 10.1. The minimum Gasteiger partial charge on any atom is -0.490 e. The van der Waals surface area contributed by atoms with Gasteiger partial charge in [0.25, 0.3) is 5.91 Å². The Morgan fingerprint density at radius 3 is 2.73 bits per heavy atom. The highest BCUT2D eigenvalue weighted by Crippen LogP contribution is 2.21. The van der Waals surface area contributed by atoms with Gasteiger partial charge in [-0.05, 0) is 50.2 Å². The zero-order valence-corrected chi connectivity index (χ0v) is 14.6. The van der Waals surface area contributed by atoms with Gasteiger partial charge in [0.2, 0.25) is 0 Å². The Hall–Kier alpha value is -2.93. The zero-order chi connectivity index (χ0) is 17.9. The maximum absolute atomic E-state index is 12.4. The van der Waals surface area contributed by atoms with Gasteiger partial charge in [0.15, 0.2) is 11.3 Å². The minimum absolute atomic E-state index is 0.261. The van der Waals surface area contributed by atoms with Crippen molar-refractivity contribution in [3.05, 3.63) is 54.5 Å². The first-order valence-electron chi connectivity index (χ1n) is 8.74. The van der Waals surface area contributed by atoms with Crippen LogP contribution in [0, 0.1) is 0 Å². The first-order chi connectivity index (χ1) is 12.7. The number of nitrogens with zero attached hydrogens (tertiary/aromatic N) is 4. The molecule has 0 radical (unpaired) electrons. The van der Waals surface area contributed by atoms with Gasteiger partial charge in [-0.2, -0.15) is 5.10 Å². The smallest absolute Gasteiger partial charge is 0.276 e. The van der Waals surface area contributed by atoms with Crippen molar-refractivity contribution < 1.29 is 9.53 Å². The van der Waals surface area contributed by atoms with Crippen LogP contribution in [0.4, 0.5) is 5.69 Å². The quantitative estimate of drug-likeness (QED) is 0.782. The first-order valence-corrected chi connectivity index (χ1v) is 8.74. The van der Waals surface area contributed by atoms with Crippen LogP contribution in [0.5, 0.6) is 5.75 Å². The van der Waals surface area contributed by atoms with Gasteiger partial charge in [0.1, 0.15) is 11.9 Å². The Balaban J connectivity index is 1.38. The number of ether oxygens (including phenoxy) is 1. The molecule has 1 amide bonds. The molecule has 1 aliphatic rings. The Morgan fingerprint density at radius 1 is 1.23 bits per heavy atom. The SMILES string of the molecule is CN1CCC(Oc2ccc(NC(=O)c3cc4ncccn4n3)cc2)CC1. The number of benzene rings is 1. The molecule has 0 spiro atoms. The topological polar surface area (TPSA) is 71.8 Å². The van der Waals surface area contributed by atoms with E-state index in [1.165, 1.54) is 0 Å². The Kier molecular flexibility index (Phi) is 4.53. The van der Waals surface area contributed by atoms with Crippen LogP contribution in [0.15, 0.2) is 48.8 Å². The fourth-order valence-corrected chi connectivity index (χ4v) is 3.05. The lowest BCUT2D eigenvalue weighted by Gasteiger charge is -2.29. The summed E-state index contributed by atoms with van der Waals surface area (Å²) >= 11 is 0. The molecule has 1 saturated heterocycles. The van der Waals surface area contributed by atoms with E-state index in [9.17, 15) is 4.79 Å². The van der Waals surface area contributed by atoms with E-state index in [1.807, 2.05) is 24.3 Å². The molecule has 1 aliphatic heterocycles. The highest BCUT2D eigenvalue weighted by molar-refractivity contribution is 6.03. The van der Waals surface area contributed by atoms with Crippen molar-refractivity contribution in [2.24, 2.45) is 0 Å². The van der Waals surface area contributed by atoms with Gasteiger partial charge in [-0.15, -0.1) is 0 Å². The monoisotopic (exact) mass is 351 g/mol. The fourth-order valence-electron chi connectivity index (χ4n) is 3.05. The van der Waals surface area contributed by atoms with Gasteiger partial charge in [-0.25, -0.2) is 9.50 Å². The van der Waals surface area contributed by atoms with Crippen molar-refractivity contribution in [3.63, 3.8) is 0 Å². The van der Waals surface area contributed by atoms with Gasteiger partial charge in [0, 0.05) is 37.2 Å². The number of anilines is 1. The van der Waals surface area contributed by atoms with Gasteiger partial charge in [0.05, 0.1) is 0 Å². The van der Waals surface area contributed by atoms with Crippen molar-refractivity contribution in [1.29, 1.82) is 0 Å². The fraction of sp³-hybridized carbons (Fsp3) is 0.316. The molecule has 0 unspecified atom stereocenters. The summed E-state index contributed by atoms with van der Waals surface area (Å²) in [7, 11) is 2.13. The van der Waals surface area contributed by atoms with Crippen LogP contribution in [0.1, 0.15) is 23.3 Å². The lowest BCUT2D eigenvalue weighted by Crippen LogP contribution is -2.35. The van der Waals surface area contributed by atoms with Crippen LogP contribution in [-0.2, 0) is 0 Å². The van der Waals surface area contributed by atoms with E-state index < -0.39 is 0 Å². The molecular formula is C19H21N5O2. The van der Waals surface area contributed by atoms with Crippen LogP contribution >= 0.6 is 0 Å². The minimum atomic E-state index is -0.264. The molecule has 7 heteroatoms. The van der Waals surface area contributed by atoms with Crippen LogP contribution in [-0.4, -0.2) is 51.6 Å². The van der Waals surface area contributed by atoms with E-state index >= 15 is 0 Å². The van der Waals surface area contributed by atoms with E-state index in [1.54, 1.807) is 29.0 Å². The van der Waals surface area contributed by atoms with Crippen LogP contribution in [0.3, 0.4) is 0 Å². The number of amides is 1. The van der Waals surface area contributed by atoms with E-state index in [4.69, 9.17) is 4.74 Å². The van der Waals surface area contributed by atoms with Crippen LogP contribution < -0.4 is 10.1 Å². The number of hydrogen-bond donors (Lipinski definition) is 1. The van der Waals surface area contributed by atoms with Crippen LogP contribution in [0.2, 0.25) is 0 Å². The number of likely N-dealkylation sites (tertiary alicyclic amines) is 1. The van der Waals surface area contributed by atoms with Crippen molar-refractivity contribution in [2.75, 3.05) is 25.5 Å². The average Bonchev–Trinajstić information content (AvgIpc) is 3.10. The summed E-state index contributed by atoms with van der Waals surface area (Å²) in [5, 5.41) is 7.07. The van der Waals surface area contributed by atoms with Gasteiger partial charge >= 0.3 is 0 Å². The molecule has 0 saturated carbocycles. The number of hydrogen-bond acceptors (Lipinski definition) is 5. The highest BCUT2D eigenvalue weighted by Gasteiger charge is 2.18. The summed E-state index contributed by atoms with van der Waals surface area (Å²) in [6.07, 6.45) is 5.77. The molecule has 7 nitrogen and oxygen atoms in total. The standard InChI is InChI=1S/C19H21N5O2/c1-23-11-7-16(8-12-23)26-15-5-3-14(4-6-15)21-19(25)17-13-18-20-9-2-10-24(18)22-17/h2-6,9-10,13,16H,7-8,11-12H2,1H3,(H,21,25). The third-order valence-corrected chi connectivity index (χ3v) is 4.55. The molecule has 3 aromatic rings. The van der Waals surface area contributed by atoms with Crippen LogP contribution in [0.25, 0.3) is 5.65 Å². The number of carbonyl (C=O) groups excluding carboxylic acids is 1. The highest BCUT2D eigenvalue weighted by atomic mass is 16.5. The zero-order valence-electron chi connectivity index (χ0n) is 14.6.